The molecule has 2 N–H and O–H groups in total. The number of carbonyl (C=O) groups is 2. The Labute approximate surface area is 174 Å². The van der Waals surface area contributed by atoms with Gasteiger partial charge < -0.3 is 15.3 Å². The maximum atomic E-state index is 13.0. The number of urea groups is 1. The van der Waals surface area contributed by atoms with Gasteiger partial charge in [0.1, 0.15) is 5.76 Å². The van der Waals surface area contributed by atoms with E-state index in [1.807, 2.05) is 5.38 Å². The molecule has 0 fully saturated rings. The summed E-state index contributed by atoms with van der Waals surface area (Å²) in [6, 6.07) is 7.37. The van der Waals surface area contributed by atoms with Gasteiger partial charge in [-0.1, -0.05) is 17.7 Å². The van der Waals surface area contributed by atoms with Crippen LogP contribution < -0.4 is 10.6 Å². The van der Waals surface area contributed by atoms with E-state index in [9.17, 15) is 19.7 Å². The molecule has 9 nitrogen and oxygen atoms in total. The van der Waals surface area contributed by atoms with Crippen molar-refractivity contribution in [3.63, 3.8) is 0 Å². The number of fused-ring (bicyclic) bond motifs is 1. The summed E-state index contributed by atoms with van der Waals surface area (Å²) in [6.07, 6.45) is 0.865. The summed E-state index contributed by atoms with van der Waals surface area (Å²) in [5.41, 5.74) is 6.37. The van der Waals surface area contributed by atoms with Crippen LogP contribution in [0.25, 0.3) is 11.3 Å². The number of nitrogens with two attached hydrogens (primary N) is 1. The maximum Gasteiger partial charge on any atom is 0.326 e. The number of hydrogen-bond donors (Lipinski definition) is 1. The van der Waals surface area contributed by atoms with E-state index in [1.54, 1.807) is 30.3 Å². The average molecular weight is 438 g/mol. The fraction of sp³-hybridized carbons (Fsp3) is 0.222. The number of hydrogen-bond acceptors (Lipinski definition) is 7. The number of thiophene rings is 1. The van der Waals surface area contributed by atoms with Crippen molar-refractivity contribution in [2.24, 2.45) is 5.73 Å². The van der Waals surface area contributed by atoms with Gasteiger partial charge in [-0.05, 0) is 42.5 Å². The van der Waals surface area contributed by atoms with Gasteiger partial charge in [0.2, 0.25) is 0 Å². The minimum Gasteiger partial charge on any atom is -0.491 e. The third-order valence-corrected chi connectivity index (χ3v) is 5.16. The number of rotatable bonds is 8. The minimum absolute atomic E-state index is 0.0475. The first-order chi connectivity index (χ1) is 13.9. The zero-order valence-corrected chi connectivity index (χ0v) is 16.6. The molecule has 0 atom stereocenters. The molecule has 11 heteroatoms. The Morgan fingerprint density at radius 2 is 2.03 bits per heavy atom. The predicted molar refractivity (Wildman–Crippen MR) is 108 cm³/mol. The topological polar surface area (TPSA) is 125 Å². The number of primary amides is 1. The zero-order chi connectivity index (χ0) is 21.0. The molecule has 0 bridgehead atoms. The third kappa shape index (κ3) is 4.49. The Hall–Kier alpha value is -3.11. The van der Waals surface area contributed by atoms with Gasteiger partial charge >= 0.3 is 6.03 Å². The Morgan fingerprint density at radius 1 is 1.28 bits per heavy atom. The molecule has 1 aliphatic rings. The molecule has 0 saturated carbocycles. The van der Waals surface area contributed by atoms with E-state index in [1.165, 1.54) is 11.3 Å². The van der Waals surface area contributed by atoms with Crippen molar-refractivity contribution >= 4 is 51.9 Å². The van der Waals surface area contributed by atoms with Crippen LogP contribution in [0, 0.1) is 10.1 Å². The first-order valence-electron chi connectivity index (χ1n) is 8.52. The molecule has 1 aromatic heterocycles. The van der Waals surface area contributed by atoms with Crippen molar-refractivity contribution in [2.45, 2.75) is 12.8 Å². The number of carbonyl (C=O) groups excluding carboxylic acids is 2. The third-order valence-electron chi connectivity index (χ3n) is 4.06. The first-order valence-corrected chi connectivity index (χ1v) is 9.78. The van der Waals surface area contributed by atoms with Gasteiger partial charge in [0.05, 0.1) is 29.4 Å². The predicted octanol–water partition coefficient (Wildman–Crippen LogP) is 3.70. The van der Waals surface area contributed by atoms with Gasteiger partial charge in [-0.15, -0.1) is 21.5 Å². The van der Waals surface area contributed by atoms with E-state index in [0.717, 1.165) is 4.90 Å². The van der Waals surface area contributed by atoms with Crippen molar-refractivity contribution in [3.05, 3.63) is 61.3 Å². The Bertz CT molecular complexity index is 976. The molecule has 29 heavy (non-hydrogen) atoms. The van der Waals surface area contributed by atoms with Gasteiger partial charge in [0.15, 0.2) is 0 Å². The van der Waals surface area contributed by atoms with Crippen LogP contribution in [-0.4, -0.2) is 30.2 Å². The maximum absolute atomic E-state index is 13.0. The monoisotopic (exact) mass is 437 g/mol. The molecule has 1 aliphatic heterocycles. The van der Waals surface area contributed by atoms with Crippen LogP contribution in [0.5, 0.6) is 0 Å². The van der Waals surface area contributed by atoms with Gasteiger partial charge in [-0.3, -0.25) is 4.79 Å². The summed E-state index contributed by atoms with van der Waals surface area (Å²) < 4.78 is 5.89. The molecule has 2 heterocycles. The molecular weight excluding hydrogens is 422 g/mol. The molecular formula is C18H16ClN3O6S. The smallest absolute Gasteiger partial charge is 0.326 e. The van der Waals surface area contributed by atoms with Crippen LogP contribution in [-0.2, 0) is 14.4 Å². The van der Waals surface area contributed by atoms with Gasteiger partial charge in [0.25, 0.3) is 11.0 Å². The lowest BCUT2D eigenvalue weighted by molar-refractivity contribution is -0.757. The van der Waals surface area contributed by atoms with Gasteiger partial charge in [-0.25, -0.2) is 9.69 Å². The highest BCUT2D eigenvalue weighted by atomic mass is 35.5. The number of benzene rings is 1. The Kier molecular flexibility index (Phi) is 6.35. The molecule has 0 aliphatic carbocycles. The van der Waals surface area contributed by atoms with Crippen LogP contribution in [0.1, 0.15) is 23.3 Å². The van der Waals surface area contributed by atoms with Crippen LogP contribution in [0.2, 0.25) is 5.02 Å². The molecule has 1 aromatic carbocycles. The first kappa shape index (κ1) is 20.6. The number of halogens is 1. The van der Waals surface area contributed by atoms with Gasteiger partial charge in [0, 0.05) is 10.6 Å². The van der Waals surface area contributed by atoms with Crippen molar-refractivity contribution in [2.75, 3.05) is 18.1 Å². The zero-order valence-electron chi connectivity index (χ0n) is 15.0. The number of amides is 3. The lowest BCUT2D eigenvalue weighted by Crippen LogP contribution is -2.38. The van der Waals surface area contributed by atoms with Gasteiger partial charge in [-0.2, -0.15) is 0 Å². The minimum atomic E-state index is -0.906. The summed E-state index contributed by atoms with van der Waals surface area (Å²) in [5, 5.41) is 11.6. The average Bonchev–Trinajstić information content (AvgIpc) is 3.27. The molecule has 3 amide bonds. The highest BCUT2D eigenvalue weighted by molar-refractivity contribution is 7.11. The Morgan fingerprint density at radius 3 is 2.69 bits per heavy atom. The lowest BCUT2D eigenvalue weighted by atomic mass is 10.1. The Balaban J connectivity index is 1.94. The molecule has 0 unspecified atom stereocenters. The summed E-state index contributed by atoms with van der Waals surface area (Å²) in [4.78, 5) is 40.9. The summed E-state index contributed by atoms with van der Waals surface area (Å²) in [7, 11) is 0. The molecule has 0 spiro atoms. The molecule has 0 saturated heterocycles. The van der Waals surface area contributed by atoms with E-state index in [4.69, 9.17) is 22.1 Å². The summed E-state index contributed by atoms with van der Waals surface area (Å²) in [6.45, 7) is 0.144. The van der Waals surface area contributed by atoms with Crippen LogP contribution in [0.3, 0.4) is 0 Å². The normalized spacial score (nSPS) is 14.5. The van der Waals surface area contributed by atoms with Crippen molar-refractivity contribution in [3.8, 4) is 0 Å². The highest BCUT2D eigenvalue weighted by Crippen LogP contribution is 2.43. The quantitative estimate of drug-likeness (QED) is 0.220. The standard InChI is InChI=1S/C18H16ClN3O6S/c19-11-5-6-13-12(10-11)15(17(23)21(13)18(20)24)16(14-4-3-9-29-14)27-7-1-2-8-28-22(25)26/h3-6,9-10H,1-2,7-8H2,(H2,20,24). The number of unbranched alkanes of at least 4 members (excludes halogenated alkanes) is 1. The lowest BCUT2D eigenvalue weighted by Gasteiger charge is -2.13. The second kappa shape index (κ2) is 8.93. The summed E-state index contributed by atoms with van der Waals surface area (Å²) in [5.74, 6) is -0.303. The van der Waals surface area contributed by atoms with E-state index >= 15 is 0 Å². The van der Waals surface area contributed by atoms with E-state index in [-0.39, 0.29) is 18.8 Å². The van der Waals surface area contributed by atoms with E-state index in [0.29, 0.717) is 39.8 Å². The van der Waals surface area contributed by atoms with Crippen molar-refractivity contribution in [1.82, 2.24) is 0 Å². The second-order valence-electron chi connectivity index (χ2n) is 5.93. The number of anilines is 1. The fourth-order valence-corrected chi connectivity index (χ4v) is 3.77. The molecule has 0 radical (unpaired) electrons. The highest BCUT2D eigenvalue weighted by Gasteiger charge is 2.39. The molecule has 152 valence electrons. The van der Waals surface area contributed by atoms with Crippen LogP contribution in [0.4, 0.5) is 10.5 Å². The number of ether oxygens (including phenoxy) is 1. The van der Waals surface area contributed by atoms with Crippen LogP contribution in [0.15, 0.2) is 35.7 Å². The fourth-order valence-electron chi connectivity index (χ4n) is 2.87. The second-order valence-corrected chi connectivity index (χ2v) is 7.32. The van der Waals surface area contributed by atoms with Crippen LogP contribution >= 0.6 is 22.9 Å². The van der Waals surface area contributed by atoms with E-state index < -0.39 is 17.0 Å². The summed E-state index contributed by atoms with van der Waals surface area (Å²) >= 11 is 7.47. The number of imide groups is 1. The molecule has 3 rings (SSSR count). The number of nitrogens with zero attached hydrogens (tertiary/aromatic N) is 2. The molecule has 2 aromatic rings. The van der Waals surface area contributed by atoms with E-state index in [2.05, 4.69) is 4.84 Å². The largest absolute Gasteiger partial charge is 0.491 e. The SMILES string of the molecule is NC(=O)N1C(=O)C(=C(OCCCCO[N+](=O)[O-])c2cccs2)c2cc(Cl)ccc21. The van der Waals surface area contributed by atoms with Crippen molar-refractivity contribution in [1.29, 1.82) is 0 Å². The van der Waals surface area contributed by atoms with Crippen molar-refractivity contribution < 1.29 is 24.3 Å².